The molecule has 216 valence electrons. The summed E-state index contributed by atoms with van der Waals surface area (Å²) in [4.78, 5) is 49.5. The van der Waals surface area contributed by atoms with Crippen LogP contribution in [-0.2, 0) is 41.9 Å². The summed E-state index contributed by atoms with van der Waals surface area (Å²) < 4.78 is 68.3. The van der Waals surface area contributed by atoms with Gasteiger partial charge in [0.05, 0.1) is 23.3 Å². The molecule has 0 aromatic carbocycles. The van der Waals surface area contributed by atoms with E-state index in [1.54, 1.807) is 41.5 Å². The van der Waals surface area contributed by atoms with Crippen LogP contribution in [0.1, 0.15) is 55.5 Å². The van der Waals surface area contributed by atoms with Crippen LogP contribution in [0.4, 0.5) is 4.39 Å². The van der Waals surface area contributed by atoms with Crippen LogP contribution in [-0.4, -0.2) is 59.3 Å². The fourth-order valence-electron chi connectivity index (χ4n) is 2.77. The number of alkyl halides is 2. The van der Waals surface area contributed by atoms with Crippen LogP contribution in [0.5, 0.6) is 0 Å². The summed E-state index contributed by atoms with van der Waals surface area (Å²) >= 11 is 6.02. The highest BCUT2D eigenvalue weighted by atomic mass is 35.5. The van der Waals surface area contributed by atoms with Crippen LogP contribution in [0, 0.1) is 10.8 Å². The van der Waals surface area contributed by atoms with Gasteiger partial charge in [-0.1, -0.05) is 0 Å². The van der Waals surface area contributed by atoms with Crippen molar-refractivity contribution in [2.45, 2.75) is 65.9 Å². The van der Waals surface area contributed by atoms with E-state index in [2.05, 4.69) is 0 Å². The summed E-state index contributed by atoms with van der Waals surface area (Å²) in [6.07, 6.45) is -4.58. The lowest BCUT2D eigenvalue weighted by molar-refractivity contribution is -0.164. The molecule has 0 spiro atoms. The number of phosphoric ester groups is 1. The summed E-state index contributed by atoms with van der Waals surface area (Å²) in [5.74, 6) is -1.97. The second kappa shape index (κ2) is 12.4. The highest BCUT2D eigenvalue weighted by Gasteiger charge is 2.49. The molecule has 16 heteroatoms. The fraction of sp³-hybridized carbons (Fsp3) is 0.727. The molecule has 13 nitrogen and oxygen atoms in total. The van der Waals surface area contributed by atoms with E-state index in [0.717, 1.165) is 16.8 Å². The molecule has 1 aromatic heterocycles. The first-order valence-corrected chi connectivity index (χ1v) is 13.3. The summed E-state index contributed by atoms with van der Waals surface area (Å²) in [7, 11) is -4.71. The number of nitrogens with zero attached hydrogens (tertiary/aromatic N) is 1. The normalized spacial score (nSPS) is 24.6. The van der Waals surface area contributed by atoms with Crippen molar-refractivity contribution < 1.29 is 47.7 Å². The Bertz CT molecular complexity index is 1160. The van der Waals surface area contributed by atoms with Crippen LogP contribution >= 0.6 is 19.4 Å². The van der Waals surface area contributed by atoms with E-state index in [9.17, 15) is 23.7 Å². The van der Waals surface area contributed by atoms with Crippen molar-refractivity contribution in [3.05, 3.63) is 33.1 Å². The molecule has 2 heterocycles. The van der Waals surface area contributed by atoms with Crippen molar-refractivity contribution in [1.29, 1.82) is 0 Å². The van der Waals surface area contributed by atoms with Gasteiger partial charge in [-0.25, -0.2) is 22.8 Å². The van der Waals surface area contributed by atoms with E-state index in [-0.39, 0.29) is 0 Å². The molecule has 0 radical (unpaired) electrons. The summed E-state index contributed by atoms with van der Waals surface area (Å²) in [5, 5.41) is 0. The highest BCUT2D eigenvalue weighted by Crippen LogP contribution is 2.52. The first-order chi connectivity index (χ1) is 17.8. The van der Waals surface area contributed by atoms with Crippen LogP contribution in [0.25, 0.3) is 0 Å². The van der Waals surface area contributed by atoms with E-state index in [4.69, 9.17) is 40.8 Å². The molecule has 0 unspecified atom stereocenters. The number of hydrogen-bond acceptors (Lipinski definition) is 11. The van der Waals surface area contributed by atoms with Gasteiger partial charge in [-0.3, -0.25) is 28.5 Å². The third-order valence-electron chi connectivity index (χ3n) is 4.94. The van der Waals surface area contributed by atoms with E-state index in [1.165, 1.54) is 0 Å². The van der Waals surface area contributed by atoms with Crippen molar-refractivity contribution in [3.8, 4) is 0 Å². The highest BCUT2D eigenvalue weighted by molar-refractivity contribution is 7.48. The van der Waals surface area contributed by atoms with Crippen molar-refractivity contribution in [3.63, 3.8) is 0 Å². The van der Waals surface area contributed by atoms with E-state index in [1.807, 2.05) is 4.98 Å². The van der Waals surface area contributed by atoms with Gasteiger partial charge in [0.25, 0.3) is 5.56 Å². The van der Waals surface area contributed by atoms with Crippen molar-refractivity contribution in [1.82, 2.24) is 9.55 Å². The van der Waals surface area contributed by atoms with Crippen molar-refractivity contribution in [2.75, 3.05) is 26.1 Å². The molecule has 1 fully saturated rings. The fourth-order valence-corrected chi connectivity index (χ4v) is 3.97. The summed E-state index contributed by atoms with van der Waals surface area (Å²) in [6, 6.07) is 0.960. The van der Waals surface area contributed by atoms with Gasteiger partial charge in [-0.05, 0) is 41.5 Å². The van der Waals surface area contributed by atoms with Crippen molar-refractivity contribution in [2.24, 2.45) is 10.8 Å². The Kier molecular flexibility index (Phi) is 9.93. The number of phosphoric acid groups is 1. The number of carbonyl (C=O) groups is 2. The maximum atomic E-state index is 15.1. The lowest BCUT2D eigenvalue weighted by Gasteiger charge is -2.28. The zero-order valence-electron chi connectivity index (χ0n) is 22.9. The first kappa shape index (κ1) is 30.5. The molecule has 1 aliphatic heterocycles. The van der Waals surface area contributed by atoms with Gasteiger partial charge in [0.15, 0.2) is 6.23 Å². The van der Waals surface area contributed by atoms with E-state index in [0.29, 0.717) is 0 Å². The molecule has 1 N–H and O–H groups in total. The number of aromatic amines is 1. The Morgan fingerprint density at radius 1 is 1.16 bits per heavy atom. The van der Waals surface area contributed by atoms with Crippen LogP contribution < -0.4 is 11.2 Å². The Balaban J connectivity index is 2.22. The third-order valence-corrected chi connectivity index (χ3v) is 6.68. The van der Waals surface area contributed by atoms with Crippen LogP contribution in [0.15, 0.2) is 21.9 Å². The van der Waals surface area contributed by atoms with Crippen molar-refractivity contribution >= 4 is 31.4 Å². The van der Waals surface area contributed by atoms with Gasteiger partial charge in [-0.2, -0.15) is 0 Å². The Labute approximate surface area is 224 Å². The van der Waals surface area contributed by atoms with Gasteiger partial charge in [-0.15, -0.1) is 11.6 Å². The van der Waals surface area contributed by atoms with E-state index < -0.39 is 92.3 Å². The summed E-state index contributed by atoms with van der Waals surface area (Å²) in [6.45, 7) is 6.80. The largest absolute Gasteiger partial charge is 0.480 e. The Morgan fingerprint density at radius 3 is 2.13 bits per heavy atom. The smallest absolute Gasteiger partial charge is 0.437 e. The van der Waals surface area contributed by atoms with Gasteiger partial charge in [0.2, 0.25) is 13.6 Å². The molecule has 1 aromatic rings. The standard InChI is InChI=1S/C22H33ClFN2O11P/c1-20(2,3)17(28)32-12-35-38(31,36-13-33-18(29)21(4,5)6)34-11-22(10-23)9-14(24)16(37-22)26-8-7-15(27)25-19(26)30/h7-8,14,16H,9-13H2,1-6H3,(H,25,27,30)/t14-,16-,22-/m1/s1/i9D/t9-,14+,16+,22+/m0. The average Bonchev–Trinajstić information content (AvgIpc) is 3.07. The number of aromatic nitrogens is 2. The minimum atomic E-state index is -4.71. The number of ether oxygens (including phenoxy) is 3. The van der Waals surface area contributed by atoms with Gasteiger partial charge < -0.3 is 14.2 Å². The number of hydrogen-bond donors (Lipinski definition) is 1. The minimum absolute atomic E-state index is 0.561. The summed E-state index contributed by atoms with van der Waals surface area (Å²) in [5.41, 5.74) is -5.53. The number of carbonyl (C=O) groups excluding carboxylic acids is 2. The predicted molar refractivity (Wildman–Crippen MR) is 131 cm³/mol. The quantitative estimate of drug-likeness (QED) is 0.175. The lowest BCUT2D eigenvalue weighted by Crippen LogP contribution is -2.38. The molecule has 0 bridgehead atoms. The maximum Gasteiger partial charge on any atom is 0.480 e. The molecule has 0 amide bonds. The van der Waals surface area contributed by atoms with Crippen LogP contribution in [0.3, 0.4) is 0 Å². The molecule has 2 rings (SSSR count). The number of nitrogens with one attached hydrogen (secondary N) is 1. The predicted octanol–water partition coefficient (Wildman–Crippen LogP) is 3.02. The minimum Gasteiger partial charge on any atom is -0.437 e. The Hall–Kier alpha value is -2.09. The van der Waals surface area contributed by atoms with Gasteiger partial charge in [0, 0.05) is 20.0 Å². The molecule has 0 saturated carbocycles. The van der Waals surface area contributed by atoms with Crippen LogP contribution in [0.2, 0.25) is 0 Å². The van der Waals surface area contributed by atoms with E-state index >= 15 is 4.39 Å². The molecular weight excluding hydrogens is 554 g/mol. The average molecular weight is 588 g/mol. The zero-order valence-corrected chi connectivity index (χ0v) is 23.5. The molecular formula is C22H33ClFN2O11P. The van der Waals surface area contributed by atoms with Gasteiger partial charge in [0.1, 0.15) is 11.8 Å². The zero-order chi connectivity index (χ0) is 29.8. The van der Waals surface area contributed by atoms with Gasteiger partial charge >= 0.3 is 25.5 Å². The lowest BCUT2D eigenvalue weighted by atomic mass is 9.98. The number of esters is 2. The molecule has 38 heavy (non-hydrogen) atoms. The third kappa shape index (κ3) is 8.72. The second-order valence-corrected chi connectivity index (χ2v) is 12.3. The topological polar surface area (TPSA) is 161 Å². The molecule has 1 saturated heterocycles. The maximum absolute atomic E-state index is 15.1. The molecule has 4 atom stereocenters. The second-order valence-electron chi connectivity index (χ2n) is 10.4. The Morgan fingerprint density at radius 2 is 1.68 bits per heavy atom. The number of halogens is 2. The SMILES string of the molecule is [2H][C@H]1[C@@H](F)[C@H](n2ccc(=O)[nH]c2=O)O[C@]1(CCl)COP(=O)(OCOC(=O)C(C)(C)C)OCOC(=O)C(C)(C)C. The first-order valence-electron chi connectivity index (χ1n) is 11.9. The molecule has 1 aliphatic rings. The monoisotopic (exact) mass is 587 g/mol. The number of H-pyrrole nitrogens is 1. The molecule has 0 aliphatic carbocycles. The number of rotatable bonds is 11.